The molecule has 0 fully saturated rings. The fraction of sp³-hybridized carbons (Fsp3) is 0.333. The van der Waals surface area contributed by atoms with Crippen LogP contribution in [-0.4, -0.2) is 40.4 Å². The van der Waals surface area contributed by atoms with Crippen LogP contribution in [0.1, 0.15) is 13.8 Å². The average Bonchev–Trinajstić information content (AvgIpc) is 3.01. The predicted octanol–water partition coefficient (Wildman–Crippen LogP) is 1.60. The van der Waals surface area contributed by atoms with Crippen molar-refractivity contribution in [3.05, 3.63) is 33.1 Å². The number of urea groups is 1. The molecule has 1 aliphatic rings. The Labute approximate surface area is 151 Å². The summed E-state index contributed by atoms with van der Waals surface area (Å²) < 4.78 is 5.07. The first-order valence-electron chi connectivity index (χ1n) is 7.57. The zero-order valence-corrected chi connectivity index (χ0v) is 15.2. The van der Waals surface area contributed by atoms with Gasteiger partial charge in [-0.2, -0.15) is 0 Å². The molecule has 0 saturated carbocycles. The Bertz CT molecular complexity index is 918. The first-order chi connectivity index (χ1) is 12.0. The van der Waals surface area contributed by atoms with Gasteiger partial charge in [-0.25, -0.2) is 14.6 Å². The second-order valence-electron chi connectivity index (χ2n) is 5.23. The van der Waals surface area contributed by atoms with Crippen LogP contribution >= 0.6 is 23.1 Å². The van der Waals surface area contributed by atoms with Gasteiger partial charge in [0.15, 0.2) is 5.16 Å². The van der Waals surface area contributed by atoms with Crippen LogP contribution in [0.25, 0.3) is 10.2 Å². The van der Waals surface area contributed by atoms with Crippen LogP contribution in [0, 0.1) is 0 Å². The highest BCUT2D eigenvalue weighted by Gasteiger charge is 2.29. The summed E-state index contributed by atoms with van der Waals surface area (Å²) in [6, 6.07) is 0.873. The number of thiophene rings is 1. The van der Waals surface area contributed by atoms with Crippen molar-refractivity contribution in [1.82, 2.24) is 20.6 Å². The number of thioether (sulfide) groups is 1. The quantitative estimate of drug-likeness (QED) is 0.412. The zero-order valence-electron chi connectivity index (χ0n) is 13.5. The molecule has 0 spiro atoms. The fourth-order valence-electron chi connectivity index (χ4n) is 2.45. The lowest BCUT2D eigenvalue weighted by molar-refractivity contribution is -0.138. The lowest BCUT2D eigenvalue weighted by Gasteiger charge is -2.26. The van der Waals surface area contributed by atoms with Gasteiger partial charge in [-0.3, -0.25) is 4.79 Å². The lowest BCUT2D eigenvalue weighted by atomic mass is 10.1. The van der Waals surface area contributed by atoms with E-state index in [0.717, 1.165) is 0 Å². The third kappa shape index (κ3) is 3.69. The van der Waals surface area contributed by atoms with E-state index in [0.29, 0.717) is 26.6 Å². The minimum absolute atomic E-state index is 0.212. The summed E-state index contributed by atoms with van der Waals surface area (Å²) in [6.45, 7) is 3.68. The first kappa shape index (κ1) is 17.5. The summed E-state index contributed by atoms with van der Waals surface area (Å²) in [4.78, 5) is 43.6. The molecule has 3 N–H and O–H groups in total. The van der Waals surface area contributed by atoms with Crippen molar-refractivity contribution in [2.75, 3.05) is 12.4 Å². The monoisotopic (exact) mass is 380 g/mol. The molecule has 2 amide bonds. The number of carbonyl (C=O) groups is 2. The molecule has 2 aromatic rings. The SMILES string of the molecule is CCOC(=O)C1=C(CSc2nc3sccc3c(=O)[nH]2)NC(=O)N[C@H]1C. The normalized spacial score (nSPS) is 17.4. The number of aromatic nitrogens is 2. The molecule has 0 saturated heterocycles. The number of hydrogen-bond donors (Lipinski definition) is 3. The van der Waals surface area contributed by atoms with E-state index >= 15 is 0 Å². The number of carbonyl (C=O) groups excluding carboxylic acids is 2. The van der Waals surface area contributed by atoms with Crippen molar-refractivity contribution in [3.63, 3.8) is 0 Å². The number of amides is 2. The Balaban J connectivity index is 1.86. The van der Waals surface area contributed by atoms with Crippen molar-refractivity contribution in [3.8, 4) is 0 Å². The Morgan fingerprint density at radius 1 is 1.44 bits per heavy atom. The summed E-state index contributed by atoms with van der Waals surface area (Å²) >= 11 is 2.61. The Kier molecular flexibility index (Phi) is 5.09. The van der Waals surface area contributed by atoms with Crippen molar-refractivity contribution < 1.29 is 14.3 Å². The number of nitrogens with zero attached hydrogens (tertiary/aromatic N) is 1. The van der Waals surface area contributed by atoms with Gasteiger partial charge < -0.3 is 20.4 Å². The van der Waals surface area contributed by atoms with Gasteiger partial charge in [-0.15, -0.1) is 11.3 Å². The van der Waals surface area contributed by atoms with E-state index in [-0.39, 0.29) is 24.0 Å². The number of hydrogen-bond acceptors (Lipinski definition) is 7. The van der Waals surface area contributed by atoms with Crippen LogP contribution in [0.4, 0.5) is 4.79 Å². The summed E-state index contributed by atoms with van der Waals surface area (Å²) in [6.07, 6.45) is 0. The second kappa shape index (κ2) is 7.28. The van der Waals surface area contributed by atoms with Crippen molar-refractivity contribution in [2.24, 2.45) is 0 Å². The molecule has 132 valence electrons. The second-order valence-corrected chi connectivity index (χ2v) is 7.09. The van der Waals surface area contributed by atoms with E-state index in [2.05, 4.69) is 20.6 Å². The third-order valence-electron chi connectivity index (χ3n) is 3.53. The minimum atomic E-state index is -0.478. The molecule has 0 aliphatic carbocycles. The van der Waals surface area contributed by atoms with Crippen LogP contribution in [0.2, 0.25) is 0 Å². The number of H-pyrrole nitrogens is 1. The fourth-order valence-corrected chi connectivity index (χ4v) is 4.10. The highest BCUT2D eigenvalue weighted by molar-refractivity contribution is 7.99. The minimum Gasteiger partial charge on any atom is -0.463 e. The van der Waals surface area contributed by atoms with Crippen LogP contribution in [0.5, 0.6) is 0 Å². The van der Waals surface area contributed by atoms with E-state index in [4.69, 9.17) is 4.74 Å². The Hall–Kier alpha value is -2.33. The van der Waals surface area contributed by atoms with Crippen LogP contribution in [-0.2, 0) is 9.53 Å². The maximum absolute atomic E-state index is 12.2. The maximum atomic E-state index is 12.2. The van der Waals surface area contributed by atoms with Gasteiger partial charge in [0.05, 0.1) is 23.6 Å². The van der Waals surface area contributed by atoms with Gasteiger partial charge in [-0.1, -0.05) is 11.8 Å². The molecular weight excluding hydrogens is 364 g/mol. The molecule has 3 heterocycles. The molecular formula is C15H16N4O4S2. The number of esters is 1. The smallest absolute Gasteiger partial charge is 0.337 e. The lowest BCUT2D eigenvalue weighted by Crippen LogP contribution is -2.49. The molecule has 25 heavy (non-hydrogen) atoms. The van der Waals surface area contributed by atoms with E-state index < -0.39 is 12.0 Å². The summed E-state index contributed by atoms with van der Waals surface area (Å²) in [5.41, 5.74) is 0.609. The molecule has 0 radical (unpaired) electrons. The van der Waals surface area contributed by atoms with E-state index in [9.17, 15) is 14.4 Å². The van der Waals surface area contributed by atoms with Crippen molar-refractivity contribution in [1.29, 1.82) is 0 Å². The average molecular weight is 380 g/mol. The summed E-state index contributed by atoms with van der Waals surface area (Å²) in [5.74, 6) is -0.209. The number of ether oxygens (including phenoxy) is 1. The number of aromatic amines is 1. The molecule has 2 aromatic heterocycles. The van der Waals surface area contributed by atoms with Crippen LogP contribution in [0.3, 0.4) is 0 Å². The van der Waals surface area contributed by atoms with E-state index in [1.165, 1.54) is 23.1 Å². The summed E-state index contributed by atoms with van der Waals surface area (Å²) in [7, 11) is 0. The largest absolute Gasteiger partial charge is 0.463 e. The van der Waals surface area contributed by atoms with Gasteiger partial charge in [0.25, 0.3) is 5.56 Å². The molecule has 1 aliphatic heterocycles. The molecule has 0 bridgehead atoms. The van der Waals surface area contributed by atoms with Gasteiger partial charge in [0.1, 0.15) is 4.83 Å². The van der Waals surface area contributed by atoms with Gasteiger partial charge in [0, 0.05) is 11.4 Å². The van der Waals surface area contributed by atoms with E-state index in [1.807, 2.05) is 0 Å². The Morgan fingerprint density at radius 2 is 2.24 bits per heavy atom. The number of fused-ring (bicyclic) bond motifs is 1. The topological polar surface area (TPSA) is 113 Å². The van der Waals surface area contributed by atoms with Gasteiger partial charge >= 0.3 is 12.0 Å². The molecule has 1 atom stereocenters. The third-order valence-corrected chi connectivity index (χ3v) is 5.24. The summed E-state index contributed by atoms with van der Waals surface area (Å²) in [5, 5.41) is 8.06. The predicted molar refractivity (Wildman–Crippen MR) is 95.8 cm³/mol. The van der Waals surface area contributed by atoms with E-state index in [1.54, 1.807) is 25.3 Å². The highest BCUT2D eigenvalue weighted by atomic mass is 32.2. The highest BCUT2D eigenvalue weighted by Crippen LogP contribution is 2.23. The van der Waals surface area contributed by atoms with Crippen molar-refractivity contribution in [2.45, 2.75) is 25.0 Å². The zero-order chi connectivity index (χ0) is 18.0. The molecule has 10 heteroatoms. The molecule has 0 unspecified atom stereocenters. The van der Waals surface area contributed by atoms with Crippen molar-refractivity contribution >= 4 is 45.3 Å². The standard InChI is InChI=1S/C15H16N4O4S2/c1-3-23-13(21)10-7(2)16-14(22)17-9(10)6-25-15-18-11(20)8-4-5-24-12(8)19-15/h4-5,7H,3,6H2,1-2H3,(H2,16,17,22)(H,18,19,20)/t7-/m0/s1. The number of rotatable bonds is 5. The first-order valence-corrected chi connectivity index (χ1v) is 9.44. The molecule has 8 nitrogen and oxygen atoms in total. The van der Waals surface area contributed by atoms with Crippen LogP contribution in [0.15, 0.2) is 32.7 Å². The maximum Gasteiger partial charge on any atom is 0.337 e. The van der Waals surface area contributed by atoms with Gasteiger partial charge in [-0.05, 0) is 25.3 Å². The molecule has 3 rings (SSSR count). The Morgan fingerprint density at radius 3 is 3.00 bits per heavy atom. The number of nitrogens with one attached hydrogen (secondary N) is 3. The van der Waals surface area contributed by atoms with Crippen LogP contribution < -0.4 is 16.2 Å². The molecule has 0 aromatic carbocycles. The van der Waals surface area contributed by atoms with Gasteiger partial charge in [0.2, 0.25) is 0 Å².